The number of rotatable bonds is 5. The Labute approximate surface area is 171 Å². The lowest BCUT2D eigenvalue weighted by Gasteiger charge is -2.37. The van der Waals surface area contributed by atoms with Crippen LogP contribution in [0.3, 0.4) is 0 Å². The fourth-order valence-corrected chi connectivity index (χ4v) is 4.09. The lowest BCUT2D eigenvalue weighted by atomic mass is 9.98. The molecule has 0 bridgehead atoms. The number of anilines is 1. The van der Waals surface area contributed by atoms with Crippen molar-refractivity contribution < 1.29 is 14.3 Å². The van der Waals surface area contributed by atoms with E-state index in [1.807, 2.05) is 35.4 Å². The van der Waals surface area contributed by atoms with Gasteiger partial charge in [0.15, 0.2) is 11.5 Å². The number of aromatic nitrogens is 1. The predicted octanol–water partition coefficient (Wildman–Crippen LogP) is 1.81. The number of hydrogen-bond donors (Lipinski definition) is 0. The average Bonchev–Trinajstić information content (AvgIpc) is 2.78. The van der Waals surface area contributed by atoms with Crippen LogP contribution in [0.5, 0.6) is 11.5 Å². The van der Waals surface area contributed by atoms with Crippen LogP contribution in [-0.2, 0) is 17.8 Å². The molecular weight excluding hydrogens is 368 g/mol. The molecular formula is C22H28N4O3. The molecule has 1 aromatic carbocycles. The Hall–Kier alpha value is -2.80. The summed E-state index contributed by atoms with van der Waals surface area (Å²) in [6.45, 7) is 5.22. The Bertz CT molecular complexity index is 851. The minimum absolute atomic E-state index is 0.203. The summed E-state index contributed by atoms with van der Waals surface area (Å²) >= 11 is 0. The number of ether oxygens (including phenoxy) is 2. The van der Waals surface area contributed by atoms with Crippen LogP contribution in [0, 0.1) is 0 Å². The number of carbonyl (C=O) groups excluding carboxylic acids is 1. The molecule has 1 fully saturated rings. The molecule has 0 saturated carbocycles. The normalized spacial score (nSPS) is 17.0. The summed E-state index contributed by atoms with van der Waals surface area (Å²) < 4.78 is 10.8. The summed E-state index contributed by atoms with van der Waals surface area (Å²) in [7, 11) is 3.31. The average molecular weight is 396 g/mol. The number of amides is 1. The molecule has 1 aromatic heterocycles. The molecule has 2 aliphatic heterocycles. The lowest BCUT2D eigenvalue weighted by molar-refractivity contribution is -0.132. The van der Waals surface area contributed by atoms with Gasteiger partial charge in [-0.3, -0.25) is 9.69 Å². The maximum atomic E-state index is 12.9. The summed E-state index contributed by atoms with van der Waals surface area (Å²) in [4.78, 5) is 23.7. The van der Waals surface area contributed by atoms with Crippen molar-refractivity contribution in [2.24, 2.45) is 0 Å². The zero-order valence-electron chi connectivity index (χ0n) is 17.1. The molecule has 2 aliphatic rings. The highest BCUT2D eigenvalue weighted by Crippen LogP contribution is 2.33. The van der Waals surface area contributed by atoms with Gasteiger partial charge in [0.05, 0.1) is 20.8 Å². The molecule has 0 unspecified atom stereocenters. The standard InChI is InChI=1S/C22H28N4O3/c1-28-19-13-17-6-8-24(15-18(17)14-20(19)29-2)16-22(27)26-11-9-25(10-12-26)21-5-3-4-7-23-21/h3-5,7,13-14H,6,8-12,15-16H2,1-2H3. The third-order valence-electron chi connectivity index (χ3n) is 5.76. The second kappa shape index (κ2) is 8.69. The molecule has 0 aliphatic carbocycles. The summed E-state index contributed by atoms with van der Waals surface area (Å²) in [5.74, 6) is 2.69. The van der Waals surface area contributed by atoms with Crippen LogP contribution in [0.15, 0.2) is 36.5 Å². The molecule has 0 N–H and O–H groups in total. The number of benzene rings is 1. The minimum Gasteiger partial charge on any atom is -0.493 e. The van der Waals surface area contributed by atoms with E-state index in [-0.39, 0.29) is 5.91 Å². The van der Waals surface area contributed by atoms with Crippen molar-refractivity contribution in [2.45, 2.75) is 13.0 Å². The quantitative estimate of drug-likeness (QED) is 0.768. The lowest BCUT2D eigenvalue weighted by Crippen LogP contribution is -2.51. The monoisotopic (exact) mass is 396 g/mol. The van der Waals surface area contributed by atoms with Crippen LogP contribution in [-0.4, -0.2) is 74.2 Å². The zero-order chi connectivity index (χ0) is 20.2. The van der Waals surface area contributed by atoms with Crippen molar-refractivity contribution in [3.05, 3.63) is 47.7 Å². The Balaban J connectivity index is 1.33. The largest absolute Gasteiger partial charge is 0.493 e. The van der Waals surface area contributed by atoms with Crippen LogP contribution in [0.2, 0.25) is 0 Å². The first kappa shape index (κ1) is 19.5. The van der Waals surface area contributed by atoms with E-state index < -0.39 is 0 Å². The molecule has 29 heavy (non-hydrogen) atoms. The highest BCUT2D eigenvalue weighted by molar-refractivity contribution is 5.78. The van der Waals surface area contributed by atoms with Crippen molar-refractivity contribution in [3.8, 4) is 11.5 Å². The Morgan fingerprint density at radius 1 is 1.00 bits per heavy atom. The van der Waals surface area contributed by atoms with Gasteiger partial charge in [-0.2, -0.15) is 0 Å². The van der Waals surface area contributed by atoms with Gasteiger partial charge < -0.3 is 19.3 Å². The highest BCUT2D eigenvalue weighted by atomic mass is 16.5. The summed E-state index contributed by atoms with van der Waals surface area (Å²) in [6, 6.07) is 10.0. The van der Waals surface area contributed by atoms with E-state index in [1.165, 1.54) is 11.1 Å². The molecule has 0 spiro atoms. The molecule has 4 rings (SSSR count). The van der Waals surface area contributed by atoms with Gasteiger partial charge >= 0.3 is 0 Å². The number of methoxy groups -OCH3 is 2. The van der Waals surface area contributed by atoms with E-state index in [1.54, 1.807) is 14.2 Å². The smallest absolute Gasteiger partial charge is 0.236 e. The van der Waals surface area contributed by atoms with Crippen molar-refractivity contribution in [1.82, 2.24) is 14.8 Å². The molecule has 0 radical (unpaired) electrons. The topological polar surface area (TPSA) is 58.1 Å². The van der Waals surface area contributed by atoms with Gasteiger partial charge in [0.25, 0.3) is 0 Å². The van der Waals surface area contributed by atoms with Crippen LogP contribution in [0.25, 0.3) is 0 Å². The number of fused-ring (bicyclic) bond motifs is 1. The third-order valence-corrected chi connectivity index (χ3v) is 5.76. The maximum absolute atomic E-state index is 12.9. The number of nitrogens with zero attached hydrogens (tertiary/aromatic N) is 4. The number of piperazine rings is 1. The van der Waals surface area contributed by atoms with Gasteiger partial charge in [0, 0.05) is 45.5 Å². The molecule has 0 atom stereocenters. The number of carbonyl (C=O) groups is 1. The predicted molar refractivity (Wildman–Crippen MR) is 112 cm³/mol. The van der Waals surface area contributed by atoms with Crippen molar-refractivity contribution in [3.63, 3.8) is 0 Å². The van der Waals surface area contributed by atoms with Crippen LogP contribution in [0.1, 0.15) is 11.1 Å². The third kappa shape index (κ3) is 4.29. The van der Waals surface area contributed by atoms with Gasteiger partial charge in [0.2, 0.25) is 5.91 Å². The molecule has 3 heterocycles. The van der Waals surface area contributed by atoms with Crippen LogP contribution < -0.4 is 14.4 Å². The summed E-state index contributed by atoms with van der Waals surface area (Å²) in [5.41, 5.74) is 2.48. The van der Waals surface area contributed by atoms with Crippen LogP contribution >= 0.6 is 0 Å². The molecule has 7 heteroatoms. The van der Waals surface area contributed by atoms with Gasteiger partial charge in [-0.25, -0.2) is 4.98 Å². The minimum atomic E-state index is 0.203. The Kier molecular flexibility index (Phi) is 5.85. The highest BCUT2D eigenvalue weighted by Gasteiger charge is 2.25. The molecule has 2 aromatic rings. The van der Waals surface area contributed by atoms with Crippen molar-refractivity contribution >= 4 is 11.7 Å². The van der Waals surface area contributed by atoms with Crippen LogP contribution in [0.4, 0.5) is 5.82 Å². The second-order valence-electron chi connectivity index (χ2n) is 7.49. The van der Waals surface area contributed by atoms with Crippen molar-refractivity contribution in [2.75, 3.05) is 58.4 Å². The van der Waals surface area contributed by atoms with E-state index in [4.69, 9.17) is 9.47 Å². The molecule has 7 nitrogen and oxygen atoms in total. The molecule has 154 valence electrons. The maximum Gasteiger partial charge on any atom is 0.236 e. The van der Waals surface area contributed by atoms with E-state index in [0.717, 1.165) is 63.0 Å². The molecule has 1 saturated heterocycles. The Morgan fingerprint density at radius 3 is 2.38 bits per heavy atom. The van der Waals surface area contributed by atoms with Gasteiger partial charge in [-0.1, -0.05) is 6.07 Å². The zero-order valence-corrected chi connectivity index (χ0v) is 17.1. The molecule has 1 amide bonds. The Morgan fingerprint density at radius 2 is 1.72 bits per heavy atom. The van der Waals surface area contributed by atoms with Crippen molar-refractivity contribution in [1.29, 1.82) is 0 Å². The van der Waals surface area contributed by atoms with E-state index >= 15 is 0 Å². The van der Waals surface area contributed by atoms with E-state index in [0.29, 0.717) is 6.54 Å². The number of hydrogen-bond acceptors (Lipinski definition) is 6. The van der Waals surface area contributed by atoms with E-state index in [9.17, 15) is 4.79 Å². The summed E-state index contributed by atoms with van der Waals surface area (Å²) in [5, 5.41) is 0. The SMILES string of the molecule is COc1cc2c(cc1OC)CN(CC(=O)N1CCN(c3ccccn3)CC1)CC2. The van der Waals surface area contributed by atoms with Gasteiger partial charge in [0.1, 0.15) is 5.82 Å². The number of pyridine rings is 1. The fraction of sp³-hybridized carbons (Fsp3) is 0.455. The van der Waals surface area contributed by atoms with Gasteiger partial charge in [-0.15, -0.1) is 0 Å². The first-order valence-electron chi connectivity index (χ1n) is 10.1. The summed E-state index contributed by atoms with van der Waals surface area (Å²) in [6.07, 6.45) is 2.72. The first-order chi connectivity index (χ1) is 14.2. The van der Waals surface area contributed by atoms with E-state index in [2.05, 4.69) is 20.9 Å². The first-order valence-corrected chi connectivity index (χ1v) is 10.1. The fourth-order valence-electron chi connectivity index (χ4n) is 4.09. The van der Waals surface area contributed by atoms with Gasteiger partial charge in [-0.05, 0) is 41.8 Å². The second-order valence-corrected chi connectivity index (χ2v) is 7.49.